The van der Waals surface area contributed by atoms with Gasteiger partial charge in [-0.2, -0.15) is 0 Å². The van der Waals surface area contributed by atoms with Crippen LogP contribution in [0.4, 0.5) is 0 Å². The Balaban J connectivity index is 2.55. The Morgan fingerprint density at radius 1 is 1.29 bits per heavy atom. The summed E-state index contributed by atoms with van der Waals surface area (Å²) in [6.07, 6.45) is -0.461. The number of ether oxygens (including phenoxy) is 1. The highest BCUT2D eigenvalue weighted by Gasteiger charge is 2.43. The molecule has 2 heteroatoms. The molecule has 0 radical (unpaired) electrons. The van der Waals surface area contributed by atoms with Gasteiger partial charge in [-0.1, -0.05) is 31.5 Å². The molecule has 0 saturated heterocycles. The predicted molar refractivity (Wildman–Crippen MR) is 69.5 cm³/mol. The molecule has 1 aliphatic rings. The van der Waals surface area contributed by atoms with E-state index >= 15 is 0 Å². The third kappa shape index (κ3) is 2.06. The molecule has 0 bridgehead atoms. The largest absolute Gasteiger partial charge is 0.485 e. The Labute approximate surface area is 104 Å². The fourth-order valence-corrected chi connectivity index (χ4v) is 2.69. The van der Waals surface area contributed by atoms with Gasteiger partial charge in [-0.05, 0) is 32.8 Å². The van der Waals surface area contributed by atoms with Crippen LogP contribution in [0, 0.1) is 12.8 Å². The fourth-order valence-electron chi connectivity index (χ4n) is 2.69. The van der Waals surface area contributed by atoms with Crippen molar-refractivity contribution in [2.45, 2.75) is 52.2 Å². The van der Waals surface area contributed by atoms with Gasteiger partial charge in [0.25, 0.3) is 0 Å². The Bertz CT molecular complexity index is 421. The maximum Gasteiger partial charge on any atom is 0.130 e. The summed E-state index contributed by atoms with van der Waals surface area (Å²) < 4.78 is 5.92. The van der Waals surface area contributed by atoms with Gasteiger partial charge in [0.15, 0.2) is 0 Å². The molecule has 0 saturated carbocycles. The molecule has 0 aromatic heterocycles. The van der Waals surface area contributed by atoms with E-state index < -0.39 is 11.7 Å². The Hall–Kier alpha value is -1.02. The zero-order chi connectivity index (χ0) is 12.8. The smallest absolute Gasteiger partial charge is 0.130 e. The second kappa shape index (κ2) is 4.02. The molecule has 1 unspecified atom stereocenters. The van der Waals surface area contributed by atoms with Crippen molar-refractivity contribution in [3.05, 3.63) is 29.3 Å². The highest BCUT2D eigenvalue weighted by atomic mass is 16.5. The number of aryl methyl sites for hydroxylation is 1. The number of hydrogen-bond acceptors (Lipinski definition) is 2. The van der Waals surface area contributed by atoms with Crippen molar-refractivity contribution >= 4 is 0 Å². The Morgan fingerprint density at radius 3 is 2.53 bits per heavy atom. The molecule has 94 valence electrons. The van der Waals surface area contributed by atoms with Crippen LogP contribution < -0.4 is 4.74 Å². The maximum atomic E-state index is 10.5. The molecule has 2 rings (SSSR count). The lowest BCUT2D eigenvalue weighted by Gasteiger charge is -2.43. The number of rotatable bonds is 1. The molecular weight excluding hydrogens is 212 g/mol. The molecule has 0 amide bonds. The molecule has 1 aromatic rings. The quantitative estimate of drug-likeness (QED) is 0.808. The second-order valence-corrected chi connectivity index (χ2v) is 5.96. The van der Waals surface area contributed by atoms with Crippen molar-refractivity contribution in [1.82, 2.24) is 0 Å². The standard InChI is InChI=1S/C15H22O2/c1-9(2)13-11-8-10(3)6-7-12(11)17-15(4,5)14(13)16/h6-9,13-14,16H,1-5H3/t13?,14-/m1/s1. The monoisotopic (exact) mass is 234 g/mol. The van der Waals surface area contributed by atoms with Gasteiger partial charge >= 0.3 is 0 Å². The van der Waals surface area contributed by atoms with Crippen LogP contribution in [0.25, 0.3) is 0 Å². The van der Waals surface area contributed by atoms with E-state index in [1.807, 2.05) is 19.9 Å². The molecule has 0 fully saturated rings. The average Bonchev–Trinajstić information content (AvgIpc) is 2.20. The number of hydrogen-bond donors (Lipinski definition) is 1. The van der Waals surface area contributed by atoms with Crippen molar-refractivity contribution in [2.24, 2.45) is 5.92 Å². The van der Waals surface area contributed by atoms with E-state index in [-0.39, 0.29) is 5.92 Å². The van der Waals surface area contributed by atoms with Crippen LogP contribution in [0.2, 0.25) is 0 Å². The van der Waals surface area contributed by atoms with Crippen molar-refractivity contribution in [1.29, 1.82) is 0 Å². The summed E-state index contributed by atoms with van der Waals surface area (Å²) in [6, 6.07) is 6.22. The van der Waals surface area contributed by atoms with Gasteiger partial charge in [-0.25, -0.2) is 0 Å². The highest BCUT2D eigenvalue weighted by molar-refractivity contribution is 5.43. The summed E-state index contributed by atoms with van der Waals surface area (Å²) in [7, 11) is 0. The van der Waals surface area contributed by atoms with Crippen molar-refractivity contribution in [3.8, 4) is 5.75 Å². The van der Waals surface area contributed by atoms with Gasteiger partial charge in [0.1, 0.15) is 17.5 Å². The lowest BCUT2D eigenvalue weighted by molar-refractivity contribution is -0.0664. The molecule has 1 aromatic carbocycles. The van der Waals surface area contributed by atoms with Crippen LogP contribution in [-0.4, -0.2) is 16.8 Å². The first-order valence-electron chi connectivity index (χ1n) is 6.30. The molecule has 17 heavy (non-hydrogen) atoms. The molecule has 0 aliphatic carbocycles. The van der Waals surface area contributed by atoms with Crippen molar-refractivity contribution in [2.75, 3.05) is 0 Å². The number of aliphatic hydroxyl groups excluding tert-OH is 1. The van der Waals surface area contributed by atoms with Crippen molar-refractivity contribution in [3.63, 3.8) is 0 Å². The molecule has 0 spiro atoms. The molecule has 1 N–H and O–H groups in total. The van der Waals surface area contributed by atoms with Gasteiger partial charge in [-0.3, -0.25) is 0 Å². The molecule has 1 heterocycles. The molecular formula is C15H22O2. The van der Waals surface area contributed by atoms with E-state index in [0.29, 0.717) is 5.92 Å². The van der Waals surface area contributed by atoms with Gasteiger partial charge in [0.05, 0.1) is 0 Å². The van der Waals surface area contributed by atoms with Crippen LogP contribution in [0.5, 0.6) is 5.75 Å². The average molecular weight is 234 g/mol. The van der Waals surface area contributed by atoms with Crippen LogP contribution in [0.1, 0.15) is 44.7 Å². The number of aliphatic hydroxyl groups is 1. The van der Waals surface area contributed by atoms with Crippen LogP contribution in [0.3, 0.4) is 0 Å². The summed E-state index contributed by atoms with van der Waals surface area (Å²) in [4.78, 5) is 0. The van der Waals surface area contributed by atoms with E-state index in [1.54, 1.807) is 0 Å². The van der Waals surface area contributed by atoms with E-state index in [0.717, 1.165) is 11.3 Å². The summed E-state index contributed by atoms with van der Waals surface area (Å²) in [6.45, 7) is 10.3. The lowest BCUT2D eigenvalue weighted by atomic mass is 9.75. The topological polar surface area (TPSA) is 29.5 Å². The SMILES string of the molecule is Cc1ccc2c(c1)C(C(C)C)[C@@H](O)C(C)(C)O2. The zero-order valence-electron chi connectivity index (χ0n) is 11.3. The summed E-state index contributed by atoms with van der Waals surface area (Å²) in [5.41, 5.74) is 1.84. The minimum absolute atomic E-state index is 0.147. The van der Waals surface area contributed by atoms with Gasteiger partial charge in [-0.15, -0.1) is 0 Å². The minimum atomic E-state index is -0.517. The van der Waals surface area contributed by atoms with Crippen LogP contribution in [0.15, 0.2) is 18.2 Å². The summed E-state index contributed by atoms with van der Waals surface area (Å²) >= 11 is 0. The number of benzene rings is 1. The Morgan fingerprint density at radius 2 is 1.94 bits per heavy atom. The fraction of sp³-hybridized carbons (Fsp3) is 0.600. The highest BCUT2D eigenvalue weighted by Crippen LogP contribution is 2.44. The van der Waals surface area contributed by atoms with Crippen LogP contribution in [-0.2, 0) is 0 Å². The molecule has 1 aliphatic heterocycles. The van der Waals surface area contributed by atoms with Crippen LogP contribution >= 0.6 is 0 Å². The first-order valence-corrected chi connectivity index (χ1v) is 6.30. The third-order valence-corrected chi connectivity index (χ3v) is 3.67. The normalized spacial score (nSPS) is 26.5. The summed E-state index contributed by atoms with van der Waals surface area (Å²) in [5.74, 6) is 1.46. The first-order chi connectivity index (χ1) is 7.83. The molecule has 2 nitrogen and oxygen atoms in total. The van der Waals surface area contributed by atoms with Gasteiger partial charge < -0.3 is 9.84 Å². The lowest BCUT2D eigenvalue weighted by Crippen LogP contribution is -2.50. The second-order valence-electron chi connectivity index (χ2n) is 5.96. The summed E-state index contributed by atoms with van der Waals surface area (Å²) in [5, 5.41) is 10.5. The predicted octanol–water partition coefficient (Wildman–Crippen LogP) is 3.27. The van der Waals surface area contributed by atoms with E-state index in [9.17, 15) is 5.11 Å². The first kappa shape index (κ1) is 12.4. The van der Waals surface area contributed by atoms with E-state index in [1.165, 1.54) is 5.56 Å². The van der Waals surface area contributed by atoms with Gasteiger partial charge in [0.2, 0.25) is 0 Å². The van der Waals surface area contributed by atoms with E-state index in [2.05, 4.69) is 32.9 Å². The van der Waals surface area contributed by atoms with Gasteiger partial charge in [0, 0.05) is 11.5 Å². The Kier molecular flexibility index (Phi) is 2.94. The minimum Gasteiger partial charge on any atom is -0.485 e. The maximum absolute atomic E-state index is 10.5. The van der Waals surface area contributed by atoms with E-state index in [4.69, 9.17) is 4.74 Å². The zero-order valence-corrected chi connectivity index (χ0v) is 11.3. The molecule has 2 atom stereocenters. The number of fused-ring (bicyclic) bond motifs is 1. The van der Waals surface area contributed by atoms with Crippen molar-refractivity contribution < 1.29 is 9.84 Å². The third-order valence-electron chi connectivity index (χ3n) is 3.67.